The van der Waals surface area contributed by atoms with E-state index in [1.807, 2.05) is 31.2 Å². The lowest BCUT2D eigenvalue weighted by molar-refractivity contribution is 0.102. The maximum atomic E-state index is 13.6. The van der Waals surface area contributed by atoms with Crippen LogP contribution >= 0.6 is 0 Å². The third-order valence-electron chi connectivity index (χ3n) is 4.40. The van der Waals surface area contributed by atoms with E-state index in [0.717, 1.165) is 18.8 Å². The Morgan fingerprint density at radius 2 is 1.77 bits per heavy atom. The zero-order valence-electron chi connectivity index (χ0n) is 15.2. The van der Waals surface area contributed by atoms with Crippen LogP contribution in [-0.4, -0.2) is 24.0 Å². The Morgan fingerprint density at radius 1 is 1.08 bits per heavy atom. The summed E-state index contributed by atoms with van der Waals surface area (Å²) in [4.78, 5) is 19.3. The van der Waals surface area contributed by atoms with E-state index in [9.17, 15) is 9.18 Å². The maximum Gasteiger partial charge on any atom is 0.256 e. The molecule has 3 rings (SSSR count). The van der Waals surface area contributed by atoms with Crippen LogP contribution in [0.1, 0.15) is 29.9 Å². The number of amides is 1. The van der Waals surface area contributed by atoms with Gasteiger partial charge in [0.05, 0.1) is 11.1 Å². The summed E-state index contributed by atoms with van der Waals surface area (Å²) in [5.41, 5.74) is 3.55. The van der Waals surface area contributed by atoms with Crippen molar-refractivity contribution in [1.82, 2.24) is 4.98 Å². The molecule has 26 heavy (non-hydrogen) atoms. The van der Waals surface area contributed by atoms with Crippen LogP contribution in [0.5, 0.6) is 0 Å². The molecule has 0 bridgehead atoms. The van der Waals surface area contributed by atoms with Crippen LogP contribution in [0.2, 0.25) is 0 Å². The Kier molecular flexibility index (Phi) is 5.16. The Morgan fingerprint density at radius 3 is 2.42 bits per heavy atom. The van der Waals surface area contributed by atoms with Crippen molar-refractivity contribution in [3.8, 4) is 0 Å². The molecule has 0 spiro atoms. The highest BCUT2D eigenvalue weighted by molar-refractivity contribution is 6.12. The molecule has 0 aliphatic rings. The Bertz CT molecular complexity index is 934. The molecule has 1 amide bonds. The molecule has 0 saturated heterocycles. The van der Waals surface area contributed by atoms with Crippen molar-refractivity contribution in [2.45, 2.75) is 20.8 Å². The molecule has 5 heteroatoms. The van der Waals surface area contributed by atoms with Gasteiger partial charge < -0.3 is 10.2 Å². The first-order valence-electron chi connectivity index (χ1n) is 8.75. The lowest BCUT2D eigenvalue weighted by Gasteiger charge is -2.21. The molecule has 0 aliphatic heterocycles. The summed E-state index contributed by atoms with van der Waals surface area (Å²) >= 11 is 0. The fourth-order valence-corrected chi connectivity index (χ4v) is 3.06. The highest BCUT2D eigenvalue weighted by atomic mass is 19.1. The molecule has 3 aromatic rings. The summed E-state index contributed by atoms with van der Waals surface area (Å²) in [5, 5.41) is 3.40. The fourth-order valence-electron chi connectivity index (χ4n) is 3.06. The number of aryl methyl sites for hydroxylation is 1. The van der Waals surface area contributed by atoms with Gasteiger partial charge >= 0.3 is 0 Å². The first-order valence-corrected chi connectivity index (χ1v) is 8.75. The standard InChI is InChI=1S/C21H22FN3O/c1-4-25(5-2)17-9-7-16(8-10-17)24-21(26)19-12-14(3)23-20-11-6-15(22)13-18(19)20/h6-13H,4-5H2,1-3H3,(H,24,26). The van der Waals surface area contributed by atoms with Crippen molar-refractivity contribution in [2.24, 2.45) is 0 Å². The van der Waals surface area contributed by atoms with Gasteiger partial charge in [0.1, 0.15) is 5.82 Å². The molecule has 0 atom stereocenters. The quantitative estimate of drug-likeness (QED) is 0.719. The normalized spacial score (nSPS) is 10.8. The second-order valence-corrected chi connectivity index (χ2v) is 6.15. The summed E-state index contributed by atoms with van der Waals surface area (Å²) in [6.07, 6.45) is 0. The first-order chi connectivity index (χ1) is 12.5. The Balaban J connectivity index is 1.89. The number of pyridine rings is 1. The van der Waals surface area contributed by atoms with Gasteiger partial charge in [-0.1, -0.05) is 0 Å². The zero-order valence-corrected chi connectivity index (χ0v) is 15.2. The van der Waals surface area contributed by atoms with Crippen LogP contribution in [0.25, 0.3) is 10.9 Å². The van der Waals surface area contributed by atoms with Gasteiger partial charge in [-0.05, 0) is 69.3 Å². The van der Waals surface area contributed by atoms with Gasteiger partial charge in [0, 0.05) is 35.5 Å². The van der Waals surface area contributed by atoms with Crippen LogP contribution in [-0.2, 0) is 0 Å². The fraction of sp³-hybridized carbons (Fsp3) is 0.238. The lowest BCUT2D eigenvalue weighted by atomic mass is 10.1. The number of halogens is 1. The van der Waals surface area contributed by atoms with Crippen molar-refractivity contribution in [2.75, 3.05) is 23.3 Å². The Labute approximate surface area is 152 Å². The van der Waals surface area contributed by atoms with Crippen molar-refractivity contribution < 1.29 is 9.18 Å². The topological polar surface area (TPSA) is 45.2 Å². The number of anilines is 2. The summed E-state index contributed by atoms with van der Waals surface area (Å²) in [6.45, 7) is 7.88. The van der Waals surface area contributed by atoms with Crippen molar-refractivity contribution in [3.05, 3.63) is 65.6 Å². The monoisotopic (exact) mass is 351 g/mol. The highest BCUT2D eigenvalue weighted by Gasteiger charge is 2.13. The largest absolute Gasteiger partial charge is 0.372 e. The molecule has 1 heterocycles. The average molecular weight is 351 g/mol. The minimum Gasteiger partial charge on any atom is -0.372 e. The number of nitrogens with one attached hydrogen (secondary N) is 1. The van der Waals surface area contributed by atoms with E-state index >= 15 is 0 Å². The predicted octanol–water partition coefficient (Wildman–Crippen LogP) is 4.78. The molecular weight excluding hydrogens is 329 g/mol. The number of carbonyl (C=O) groups is 1. The Hall–Kier alpha value is -2.95. The van der Waals surface area contributed by atoms with Gasteiger partial charge in [0.2, 0.25) is 0 Å². The van der Waals surface area contributed by atoms with E-state index in [0.29, 0.717) is 27.8 Å². The van der Waals surface area contributed by atoms with Gasteiger partial charge in [-0.15, -0.1) is 0 Å². The van der Waals surface area contributed by atoms with Gasteiger partial charge in [0.25, 0.3) is 5.91 Å². The van der Waals surface area contributed by atoms with E-state index in [4.69, 9.17) is 0 Å². The zero-order chi connectivity index (χ0) is 18.7. The summed E-state index contributed by atoms with van der Waals surface area (Å²) < 4.78 is 13.6. The summed E-state index contributed by atoms with van der Waals surface area (Å²) in [7, 11) is 0. The number of aromatic nitrogens is 1. The molecule has 2 aromatic carbocycles. The molecule has 134 valence electrons. The number of fused-ring (bicyclic) bond motifs is 1. The molecule has 0 fully saturated rings. The molecule has 0 saturated carbocycles. The van der Waals surface area contributed by atoms with Crippen LogP contribution < -0.4 is 10.2 Å². The molecule has 4 nitrogen and oxygen atoms in total. The maximum absolute atomic E-state index is 13.6. The van der Waals surface area contributed by atoms with Gasteiger partial charge in [-0.25, -0.2) is 4.39 Å². The van der Waals surface area contributed by atoms with Gasteiger partial charge in [-0.2, -0.15) is 0 Å². The van der Waals surface area contributed by atoms with Crippen LogP contribution in [0, 0.1) is 12.7 Å². The molecule has 0 unspecified atom stereocenters. The lowest BCUT2D eigenvalue weighted by Crippen LogP contribution is -2.21. The SMILES string of the molecule is CCN(CC)c1ccc(NC(=O)c2cc(C)nc3ccc(F)cc23)cc1. The highest BCUT2D eigenvalue weighted by Crippen LogP contribution is 2.22. The van der Waals surface area contributed by atoms with E-state index in [1.165, 1.54) is 12.1 Å². The molecule has 0 aliphatic carbocycles. The van der Waals surface area contributed by atoms with E-state index in [1.54, 1.807) is 12.1 Å². The van der Waals surface area contributed by atoms with Crippen LogP contribution in [0.15, 0.2) is 48.5 Å². The molecule has 1 N–H and O–H groups in total. The number of hydrogen-bond acceptors (Lipinski definition) is 3. The van der Waals surface area contributed by atoms with Crippen molar-refractivity contribution in [3.63, 3.8) is 0 Å². The van der Waals surface area contributed by atoms with E-state index in [2.05, 4.69) is 29.0 Å². The molecule has 0 radical (unpaired) electrons. The second-order valence-electron chi connectivity index (χ2n) is 6.15. The number of rotatable bonds is 5. The van der Waals surface area contributed by atoms with Gasteiger partial charge in [-0.3, -0.25) is 9.78 Å². The number of benzene rings is 2. The number of hydrogen-bond donors (Lipinski definition) is 1. The summed E-state index contributed by atoms with van der Waals surface area (Å²) in [6, 6.07) is 13.7. The number of carbonyl (C=O) groups excluding carboxylic acids is 1. The van der Waals surface area contributed by atoms with Gasteiger partial charge in [0.15, 0.2) is 0 Å². The van der Waals surface area contributed by atoms with Crippen LogP contribution in [0.4, 0.5) is 15.8 Å². The van der Waals surface area contributed by atoms with Crippen molar-refractivity contribution in [1.29, 1.82) is 0 Å². The predicted molar refractivity (Wildman–Crippen MR) is 104 cm³/mol. The summed E-state index contributed by atoms with van der Waals surface area (Å²) in [5.74, 6) is -0.664. The van der Waals surface area contributed by atoms with E-state index in [-0.39, 0.29) is 11.7 Å². The van der Waals surface area contributed by atoms with E-state index < -0.39 is 0 Å². The minimum absolute atomic E-state index is 0.276. The smallest absolute Gasteiger partial charge is 0.256 e. The molecular formula is C21H22FN3O. The number of nitrogens with zero attached hydrogens (tertiary/aromatic N) is 2. The van der Waals surface area contributed by atoms with Crippen LogP contribution in [0.3, 0.4) is 0 Å². The third-order valence-corrected chi connectivity index (χ3v) is 4.40. The van der Waals surface area contributed by atoms with Crippen molar-refractivity contribution >= 4 is 28.2 Å². The average Bonchev–Trinajstić information content (AvgIpc) is 2.63. The first kappa shape index (κ1) is 17.9. The third kappa shape index (κ3) is 3.67. The minimum atomic E-state index is -0.388. The molecule has 1 aromatic heterocycles. The second kappa shape index (κ2) is 7.52.